The lowest BCUT2D eigenvalue weighted by atomic mass is 9.90. The van der Waals surface area contributed by atoms with Gasteiger partial charge in [0.1, 0.15) is 5.75 Å². The molecule has 6 heteroatoms. The maximum absolute atomic E-state index is 12.8. The first-order valence-electron chi connectivity index (χ1n) is 8.29. The standard InChI is InChI=1S/C18H23N3O3/c1-13(12-22)21-17(23)18(6-9-19-10-7-18)24-15-4-5-16-14(11-15)3-2-8-20-16/h2-5,8,11,13,19,22H,6-7,9-10,12H2,1H3,(H,21,23)/t13-/m1/s1. The molecule has 1 aromatic heterocycles. The van der Waals surface area contributed by atoms with Crippen LogP contribution in [-0.4, -0.2) is 47.3 Å². The van der Waals surface area contributed by atoms with Crippen molar-refractivity contribution in [1.82, 2.24) is 15.6 Å². The fraction of sp³-hybridized carbons (Fsp3) is 0.444. The van der Waals surface area contributed by atoms with Crippen molar-refractivity contribution < 1.29 is 14.6 Å². The number of nitrogens with zero attached hydrogens (tertiary/aromatic N) is 1. The molecule has 1 aromatic carbocycles. The molecule has 0 unspecified atom stereocenters. The molecule has 1 saturated heterocycles. The zero-order valence-corrected chi connectivity index (χ0v) is 13.8. The molecule has 0 aliphatic carbocycles. The minimum Gasteiger partial charge on any atom is -0.477 e. The highest BCUT2D eigenvalue weighted by Gasteiger charge is 2.42. The lowest BCUT2D eigenvalue weighted by molar-refractivity contribution is -0.140. The Bertz CT molecular complexity index is 713. The van der Waals surface area contributed by atoms with E-state index in [0.717, 1.165) is 24.0 Å². The maximum atomic E-state index is 12.8. The Labute approximate surface area is 141 Å². The third kappa shape index (κ3) is 3.49. The van der Waals surface area contributed by atoms with Crippen LogP contribution >= 0.6 is 0 Å². The second-order valence-corrected chi connectivity index (χ2v) is 6.26. The highest BCUT2D eigenvalue weighted by Crippen LogP contribution is 2.29. The van der Waals surface area contributed by atoms with E-state index in [9.17, 15) is 9.90 Å². The van der Waals surface area contributed by atoms with E-state index in [-0.39, 0.29) is 18.6 Å². The molecule has 2 aromatic rings. The summed E-state index contributed by atoms with van der Waals surface area (Å²) in [6, 6.07) is 9.21. The van der Waals surface area contributed by atoms with Crippen molar-refractivity contribution >= 4 is 16.8 Å². The van der Waals surface area contributed by atoms with Crippen molar-refractivity contribution in [1.29, 1.82) is 0 Å². The Hall–Kier alpha value is -2.18. The van der Waals surface area contributed by atoms with Crippen LogP contribution in [-0.2, 0) is 4.79 Å². The number of hydrogen-bond donors (Lipinski definition) is 3. The lowest BCUT2D eigenvalue weighted by Gasteiger charge is -2.37. The van der Waals surface area contributed by atoms with Gasteiger partial charge in [-0.1, -0.05) is 6.07 Å². The topological polar surface area (TPSA) is 83.5 Å². The van der Waals surface area contributed by atoms with Gasteiger partial charge < -0.3 is 20.5 Å². The summed E-state index contributed by atoms with van der Waals surface area (Å²) in [7, 11) is 0. The fourth-order valence-corrected chi connectivity index (χ4v) is 2.95. The number of amides is 1. The van der Waals surface area contributed by atoms with Gasteiger partial charge in [-0.15, -0.1) is 0 Å². The van der Waals surface area contributed by atoms with Gasteiger partial charge in [-0.25, -0.2) is 0 Å². The van der Waals surface area contributed by atoms with Gasteiger partial charge in [-0.05, 0) is 44.3 Å². The molecular formula is C18H23N3O3. The number of ether oxygens (including phenoxy) is 1. The van der Waals surface area contributed by atoms with Gasteiger partial charge in [0.25, 0.3) is 5.91 Å². The number of pyridine rings is 1. The summed E-state index contributed by atoms with van der Waals surface area (Å²) in [5.41, 5.74) is -0.0209. The van der Waals surface area contributed by atoms with E-state index in [1.165, 1.54) is 0 Å². The second-order valence-electron chi connectivity index (χ2n) is 6.26. The summed E-state index contributed by atoms with van der Waals surface area (Å²) >= 11 is 0. The first kappa shape index (κ1) is 16.7. The number of aliphatic hydroxyl groups excluding tert-OH is 1. The molecule has 1 atom stereocenters. The number of rotatable bonds is 5. The maximum Gasteiger partial charge on any atom is 0.264 e. The fourth-order valence-electron chi connectivity index (χ4n) is 2.95. The number of hydrogen-bond acceptors (Lipinski definition) is 5. The summed E-state index contributed by atoms with van der Waals surface area (Å²) < 4.78 is 6.20. The lowest BCUT2D eigenvalue weighted by Crippen LogP contribution is -2.58. The van der Waals surface area contributed by atoms with Gasteiger partial charge in [-0.2, -0.15) is 0 Å². The van der Waals surface area contributed by atoms with Crippen LogP contribution in [0, 0.1) is 0 Å². The smallest absolute Gasteiger partial charge is 0.264 e. The molecule has 0 saturated carbocycles. The average molecular weight is 329 g/mol. The van der Waals surface area contributed by atoms with E-state index in [0.29, 0.717) is 18.6 Å². The number of aromatic nitrogens is 1. The molecule has 2 heterocycles. The van der Waals surface area contributed by atoms with Gasteiger partial charge in [0, 0.05) is 30.5 Å². The Balaban J connectivity index is 1.86. The SMILES string of the molecule is C[C@H](CO)NC(=O)C1(Oc2ccc3ncccc3c2)CCNCC1. The van der Waals surface area contributed by atoms with Gasteiger partial charge in [0.05, 0.1) is 12.1 Å². The third-order valence-electron chi connectivity index (χ3n) is 4.36. The van der Waals surface area contributed by atoms with Crippen LogP contribution in [0.1, 0.15) is 19.8 Å². The number of nitrogens with one attached hydrogen (secondary N) is 2. The quantitative estimate of drug-likeness (QED) is 0.768. The predicted molar refractivity (Wildman–Crippen MR) is 91.9 cm³/mol. The van der Waals surface area contributed by atoms with E-state index in [1.807, 2.05) is 30.3 Å². The molecule has 3 N–H and O–H groups in total. The highest BCUT2D eigenvalue weighted by molar-refractivity contribution is 5.86. The average Bonchev–Trinajstić information content (AvgIpc) is 2.62. The highest BCUT2D eigenvalue weighted by atomic mass is 16.5. The molecule has 1 fully saturated rings. The van der Waals surface area contributed by atoms with Gasteiger partial charge in [0.2, 0.25) is 0 Å². The van der Waals surface area contributed by atoms with Gasteiger partial charge in [-0.3, -0.25) is 9.78 Å². The van der Waals surface area contributed by atoms with Crippen LogP contribution in [0.3, 0.4) is 0 Å². The van der Waals surface area contributed by atoms with Crippen molar-refractivity contribution in [2.75, 3.05) is 19.7 Å². The first-order chi connectivity index (χ1) is 11.6. The summed E-state index contributed by atoms with van der Waals surface area (Å²) in [4.78, 5) is 17.1. The van der Waals surface area contributed by atoms with Crippen molar-refractivity contribution in [3.63, 3.8) is 0 Å². The van der Waals surface area contributed by atoms with Crippen molar-refractivity contribution in [2.24, 2.45) is 0 Å². The van der Waals surface area contributed by atoms with Gasteiger partial charge >= 0.3 is 0 Å². The van der Waals surface area contributed by atoms with Crippen LogP contribution in [0.15, 0.2) is 36.5 Å². The number of carbonyl (C=O) groups is 1. The summed E-state index contributed by atoms with van der Waals surface area (Å²) in [5, 5.41) is 16.3. The Morgan fingerprint density at radius 2 is 2.21 bits per heavy atom. The van der Waals surface area contributed by atoms with Crippen molar-refractivity contribution in [3.05, 3.63) is 36.5 Å². The molecule has 0 spiro atoms. The molecule has 128 valence electrons. The molecule has 0 radical (unpaired) electrons. The van der Waals surface area contributed by atoms with E-state index >= 15 is 0 Å². The molecule has 1 aliphatic heterocycles. The van der Waals surface area contributed by atoms with Gasteiger partial charge in [0.15, 0.2) is 5.60 Å². The van der Waals surface area contributed by atoms with E-state index in [4.69, 9.17) is 4.74 Å². The van der Waals surface area contributed by atoms with E-state index in [1.54, 1.807) is 13.1 Å². The predicted octanol–water partition coefficient (Wildman–Crippen LogP) is 1.23. The summed E-state index contributed by atoms with van der Waals surface area (Å²) in [6.07, 6.45) is 2.92. The summed E-state index contributed by atoms with van der Waals surface area (Å²) in [5.74, 6) is 0.487. The Kier molecular flexibility index (Phi) is 4.97. The first-order valence-corrected chi connectivity index (χ1v) is 8.29. The van der Waals surface area contributed by atoms with Crippen molar-refractivity contribution in [3.8, 4) is 5.75 Å². The number of piperidine rings is 1. The number of aliphatic hydroxyl groups is 1. The Morgan fingerprint density at radius 1 is 1.42 bits per heavy atom. The van der Waals surface area contributed by atoms with Crippen LogP contribution < -0.4 is 15.4 Å². The largest absolute Gasteiger partial charge is 0.477 e. The minimum absolute atomic E-state index is 0.0955. The Morgan fingerprint density at radius 3 is 2.96 bits per heavy atom. The molecule has 3 rings (SSSR count). The monoisotopic (exact) mass is 329 g/mol. The van der Waals surface area contributed by atoms with Crippen LogP contribution in [0.25, 0.3) is 10.9 Å². The number of benzene rings is 1. The summed E-state index contributed by atoms with van der Waals surface area (Å²) in [6.45, 7) is 3.11. The molecule has 6 nitrogen and oxygen atoms in total. The van der Waals surface area contributed by atoms with Crippen LogP contribution in [0.2, 0.25) is 0 Å². The molecule has 1 amide bonds. The minimum atomic E-state index is -0.912. The van der Waals surface area contributed by atoms with E-state index in [2.05, 4.69) is 15.6 Å². The van der Waals surface area contributed by atoms with Crippen LogP contribution in [0.5, 0.6) is 5.75 Å². The zero-order valence-electron chi connectivity index (χ0n) is 13.8. The molecule has 0 bridgehead atoms. The third-order valence-corrected chi connectivity index (χ3v) is 4.36. The normalized spacial score (nSPS) is 18.1. The molecular weight excluding hydrogens is 306 g/mol. The number of fused-ring (bicyclic) bond motifs is 1. The second kappa shape index (κ2) is 7.15. The zero-order chi connectivity index (χ0) is 17.0. The van der Waals surface area contributed by atoms with Crippen LogP contribution in [0.4, 0.5) is 0 Å². The molecule has 1 aliphatic rings. The number of carbonyl (C=O) groups excluding carboxylic acids is 1. The van der Waals surface area contributed by atoms with Crippen molar-refractivity contribution in [2.45, 2.75) is 31.4 Å². The van der Waals surface area contributed by atoms with E-state index < -0.39 is 5.60 Å². The molecule has 24 heavy (non-hydrogen) atoms.